The summed E-state index contributed by atoms with van der Waals surface area (Å²) in [7, 11) is -0.661. The molecule has 1 aromatic heterocycles. The van der Waals surface area contributed by atoms with Crippen molar-refractivity contribution in [3.8, 4) is 0 Å². The molecule has 16 heteroatoms. The Balaban J connectivity index is 0.00000529. The number of rotatable bonds is 9. The van der Waals surface area contributed by atoms with E-state index >= 15 is 0 Å². The van der Waals surface area contributed by atoms with E-state index in [9.17, 15) is 27.8 Å². The third-order valence-corrected chi connectivity index (χ3v) is 10.0. The quantitative estimate of drug-likeness (QED) is 0.222. The first-order valence-corrected chi connectivity index (χ1v) is 16.6. The maximum absolute atomic E-state index is 13.0. The van der Waals surface area contributed by atoms with Crippen LogP contribution in [0.5, 0.6) is 0 Å². The fourth-order valence-corrected chi connectivity index (χ4v) is 7.51. The summed E-state index contributed by atoms with van der Waals surface area (Å²) in [6.07, 6.45) is 3.26. The molecule has 44 heavy (non-hydrogen) atoms. The van der Waals surface area contributed by atoms with E-state index in [1.54, 1.807) is 0 Å². The topological polar surface area (TPSA) is 183 Å². The molecule has 0 bridgehead atoms. The number of carbonyl (C=O) groups is 2. The largest absolute Gasteiger partial charge is 1.00 e. The number of azo groups is 1. The van der Waals surface area contributed by atoms with Gasteiger partial charge in [0.15, 0.2) is 5.00 Å². The molecule has 3 atom stereocenters. The summed E-state index contributed by atoms with van der Waals surface area (Å²) < 4.78 is 38.8. The van der Waals surface area contributed by atoms with Crippen molar-refractivity contribution in [1.82, 2.24) is 25.0 Å². The number of fused-ring (bicyclic) bond motifs is 1. The van der Waals surface area contributed by atoms with E-state index in [1.807, 2.05) is 41.8 Å². The van der Waals surface area contributed by atoms with Crippen LogP contribution in [-0.4, -0.2) is 88.5 Å². The van der Waals surface area contributed by atoms with Gasteiger partial charge in [0.25, 0.3) is 0 Å². The zero-order valence-corrected chi connectivity index (χ0v) is 30.1. The summed E-state index contributed by atoms with van der Waals surface area (Å²) in [5, 5.41) is 29.5. The molecule has 1 aliphatic carbocycles. The van der Waals surface area contributed by atoms with Gasteiger partial charge in [0.2, 0.25) is 11.8 Å². The van der Waals surface area contributed by atoms with Crippen molar-refractivity contribution >= 4 is 49.4 Å². The summed E-state index contributed by atoms with van der Waals surface area (Å²) in [5.74, 6) is -0.489. The molecule has 4 rings (SSSR count). The van der Waals surface area contributed by atoms with Crippen molar-refractivity contribution in [2.75, 3.05) is 14.1 Å². The average Bonchev–Trinajstić information content (AvgIpc) is 3.31. The number of aromatic nitrogens is 1. The van der Waals surface area contributed by atoms with Gasteiger partial charge >= 0.3 is 29.6 Å². The number of hydrogen-bond acceptors (Lipinski definition) is 12. The van der Waals surface area contributed by atoms with E-state index < -0.39 is 21.2 Å². The maximum Gasteiger partial charge on any atom is 1.00 e. The second-order valence-electron chi connectivity index (χ2n) is 13.1. The molecule has 2 N–H and O–H groups in total. The van der Waals surface area contributed by atoms with E-state index in [-0.39, 0.29) is 83.3 Å². The van der Waals surface area contributed by atoms with Crippen LogP contribution in [0, 0.1) is 5.21 Å². The fraction of sp³-hybridized carbons (Fsp3) is 0.679. The molecular weight excluding hydrogens is 617 g/mol. The van der Waals surface area contributed by atoms with E-state index in [2.05, 4.69) is 30.1 Å². The van der Waals surface area contributed by atoms with Gasteiger partial charge in [-0.2, -0.15) is 9.49 Å². The third-order valence-electron chi connectivity index (χ3n) is 8.41. The molecule has 0 radical (unpaired) electrons. The Morgan fingerprint density at radius 2 is 1.70 bits per heavy atom. The number of nitrogens with one attached hydrogen (secondary N) is 2. The van der Waals surface area contributed by atoms with Gasteiger partial charge in [0.05, 0.1) is 22.5 Å². The van der Waals surface area contributed by atoms with Gasteiger partial charge in [-0.05, 0) is 104 Å². The minimum Gasteiger partial charge on any atom is -0.784 e. The van der Waals surface area contributed by atoms with Crippen LogP contribution in [0.15, 0.2) is 33.3 Å². The van der Waals surface area contributed by atoms with Gasteiger partial charge in [-0.15, -0.1) is 5.11 Å². The molecule has 2 fully saturated rings. The molecule has 2 aliphatic rings. The number of piperidine rings is 1. The van der Waals surface area contributed by atoms with Crippen LogP contribution in [0.2, 0.25) is 0 Å². The second-order valence-corrected chi connectivity index (χ2v) is 15.2. The second kappa shape index (κ2) is 14.5. The summed E-state index contributed by atoms with van der Waals surface area (Å²) >= 11 is 1.05. The Labute approximate surface area is 285 Å². The van der Waals surface area contributed by atoms with Gasteiger partial charge in [0, 0.05) is 41.4 Å². The minimum atomic E-state index is -4.63. The molecule has 2 heterocycles. The standard InChI is InChI=1S/C28H42N7O6S2.Na/c1-27(2)15-17(16-28(3,4)35(27)38)29-24(36)11-12-25(37)30-23-13-18(34(5)6)7-9-22(23)31-32-26-20-14-19(43(39,40)41)8-10-21(20)33-42-26;/h8,10,14,17-18,22-23H,7,9,11-13,15-16H2,1-6H3,(H,29,36)(H,30,37)(H,39,40,41);/q-1;+1/p-1. The molecule has 1 aromatic carbocycles. The number of amides is 2. The van der Waals surface area contributed by atoms with Crippen LogP contribution in [0.3, 0.4) is 0 Å². The molecular formula is C28H41N7NaO6S2-. The van der Waals surface area contributed by atoms with Crippen molar-refractivity contribution < 1.29 is 52.1 Å². The van der Waals surface area contributed by atoms with Crippen molar-refractivity contribution in [3.05, 3.63) is 23.4 Å². The third kappa shape index (κ3) is 9.04. The Kier molecular flexibility index (Phi) is 12.1. The normalized spacial score (nSPS) is 24.3. The first kappa shape index (κ1) is 36.9. The van der Waals surface area contributed by atoms with Gasteiger partial charge in [-0.1, -0.05) is 0 Å². The molecule has 2 amide bonds. The van der Waals surface area contributed by atoms with Crippen molar-refractivity contribution in [2.45, 2.75) is 113 Å². The monoisotopic (exact) mass is 658 g/mol. The number of benzene rings is 1. The zero-order chi connectivity index (χ0) is 31.7. The summed E-state index contributed by atoms with van der Waals surface area (Å²) in [6, 6.07) is 3.37. The number of hydrogen-bond donors (Lipinski definition) is 2. The minimum absolute atomic E-state index is 0. The number of nitrogens with zero attached hydrogens (tertiary/aromatic N) is 5. The van der Waals surface area contributed by atoms with E-state index in [4.69, 9.17) is 0 Å². The molecule has 1 saturated carbocycles. The maximum atomic E-state index is 13.0. The van der Waals surface area contributed by atoms with Crippen LogP contribution in [-0.2, 0) is 19.7 Å². The molecule has 1 aliphatic heterocycles. The van der Waals surface area contributed by atoms with Crippen molar-refractivity contribution in [3.63, 3.8) is 0 Å². The van der Waals surface area contributed by atoms with Crippen LogP contribution in [0.25, 0.3) is 10.9 Å². The summed E-state index contributed by atoms with van der Waals surface area (Å²) in [4.78, 5) is 27.5. The predicted molar refractivity (Wildman–Crippen MR) is 163 cm³/mol. The Hall–Kier alpha value is -1.56. The van der Waals surface area contributed by atoms with Gasteiger partial charge in [-0.25, -0.2) is 8.42 Å². The molecule has 13 nitrogen and oxygen atoms in total. The van der Waals surface area contributed by atoms with Gasteiger partial charge in [0.1, 0.15) is 10.1 Å². The van der Waals surface area contributed by atoms with E-state index in [1.165, 1.54) is 18.2 Å². The smallest absolute Gasteiger partial charge is 0.784 e. The van der Waals surface area contributed by atoms with Gasteiger partial charge < -0.3 is 30.4 Å². The zero-order valence-electron chi connectivity index (χ0n) is 26.5. The Bertz CT molecular complexity index is 1460. The summed E-state index contributed by atoms with van der Waals surface area (Å²) in [6.45, 7) is 7.49. The first-order chi connectivity index (χ1) is 20.0. The Morgan fingerprint density at radius 1 is 1.09 bits per heavy atom. The van der Waals surface area contributed by atoms with Crippen LogP contribution in [0.4, 0.5) is 5.00 Å². The first-order valence-electron chi connectivity index (χ1n) is 14.4. The molecule has 238 valence electrons. The van der Waals surface area contributed by atoms with Crippen LogP contribution in [0.1, 0.15) is 72.6 Å². The molecule has 2 aromatic rings. The molecule has 3 unspecified atom stereocenters. The van der Waals surface area contributed by atoms with Crippen molar-refractivity contribution in [1.29, 1.82) is 0 Å². The average molecular weight is 659 g/mol. The number of carbonyl (C=O) groups excluding carboxylic acids is 2. The summed E-state index contributed by atoms with van der Waals surface area (Å²) in [5.41, 5.74) is -0.699. The van der Waals surface area contributed by atoms with E-state index in [0.29, 0.717) is 41.6 Å². The van der Waals surface area contributed by atoms with E-state index in [0.717, 1.165) is 23.0 Å². The SMILES string of the molecule is CN(C)C1CCC(N=Nc2snc3ccc(S(=O)(=O)[O-])cc23)C(NC(=O)CCC(=O)NC2CC(C)(C)N([O-])C(C)(C)C2)C1.[Na+]. The predicted octanol–water partition coefficient (Wildman–Crippen LogP) is 0.671. The molecule has 1 saturated heterocycles. The van der Waals surface area contributed by atoms with Crippen molar-refractivity contribution in [2.24, 2.45) is 10.2 Å². The molecule has 0 spiro atoms. The van der Waals surface area contributed by atoms with Crippen LogP contribution >= 0.6 is 11.5 Å². The Morgan fingerprint density at radius 3 is 2.30 bits per heavy atom. The van der Waals surface area contributed by atoms with Gasteiger partial charge in [-0.3, -0.25) is 9.59 Å². The number of hydroxylamine groups is 2. The van der Waals surface area contributed by atoms with Crippen LogP contribution < -0.4 is 40.2 Å². The fourth-order valence-electron chi connectivity index (χ4n) is 6.33.